The number of carbonyl (C=O) groups excluding carboxylic acids is 1. The monoisotopic (exact) mass is 452 g/mol. The number of thiophene rings is 1. The summed E-state index contributed by atoms with van der Waals surface area (Å²) < 4.78 is 5.64. The number of anilines is 1. The molecule has 1 aliphatic rings. The van der Waals surface area contributed by atoms with E-state index in [1.807, 2.05) is 30.3 Å². The molecule has 0 radical (unpaired) electrons. The van der Waals surface area contributed by atoms with Crippen LogP contribution in [-0.4, -0.2) is 21.6 Å². The van der Waals surface area contributed by atoms with Crippen LogP contribution in [0.4, 0.5) is 5.00 Å². The highest BCUT2D eigenvalue weighted by molar-refractivity contribution is 7.99. The SMILES string of the molecule is N#Cc1c(NC(=O)CSc2nc(COc3ccccc3)cc(=O)[nH]2)sc2c1CCCC2. The summed E-state index contributed by atoms with van der Waals surface area (Å²) in [4.78, 5) is 32.6. The molecule has 0 unspecified atom stereocenters. The predicted molar refractivity (Wildman–Crippen MR) is 121 cm³/mol. The predicted octanol–water partition coefficient (Wildman–Crippen LogP) is 3.89. The molecule has 7 nitrogen and oxygen atoms in total. The second-order valence-corrected chi connectivity index (χ2v) is 9.08. The van der Waals surface area contributed by atoms with Crippen molar-refractivity contribution in [1.29, 1.82) is 5.26 Å². The first-order chi connectivity index (χ1) is 15.1. The van der Waals surface area contributed by atoms with Crippen LogP contribution in [0.5, 0.6) is 5.75 Å². The van der Waals surface area contributed by atoms with Crippen LogP contribution >= 0.6 is 23.1 Å². The van der Waals surface area contributed by atoms with Gasteiger partial charge in [-0.2, -0.15) is 5.26 Å². The highest BCUT2D eigenvalue weighted by atomic mass is 32.2. The molecule has 0 saturated carbocycles. The normalized spacial score (nSPS) is 12.6. The first-order valence-corrected chi connectivity index (χ1v) is 11.7. The quantitative estimate of drug-likeness (QED) is 0.416. The largest absolute Gasteiger partial charge is 0.487 e. The number of H-pyrrole nitrogens is 1. The van der Waals surface area contributed by atoms with Crippen molar-refractivity contribution in [2.45, 2.75) is 37.4 Å². The molecule has 0 bridgehead atoms. The number of nitriles is 1. The molecule has 1 aliphatic carbocycles. The summed E-state index contributed by atoms with van der Waals surface area (Å²) in [6.07, 6.45) is 4.04. The Labute approximate surface area is 187 Å². The minimum atomic E-state index is -0.303. The van der Waals surface area contributed by atoms with E-state index in [-0.39, 0.29) is 23.8 Å². The minimum Gasteiger partial charge on any atom is -0.487 e. The van der Waals surface area contributed by atoms with Gasteiger partial charge in [0.1, 0.15) is 23.4 Å². The maximum absolute atomic E-state index is 12.5. The molecular weight excluding hydrogens is 432 g/mol. The number of thioether (sulfide) groups is 1. The number of rotatable bonds is 7. The summed E-state index contributed by atoms with van der Waals surface area (Å²) in [5.74, 6) is 0.512. The molecule has 2 aromatic heterocycles. The number of nitrogens with zero attached hydrogens (tertiary/aromatic N) is 2. The molecule has 1 aromatic carbocycles. The van der Waals surface area contributed by atoms with Crippen molar-refractivity contribution in [3.8, 4) is 11.8 Å². The molecule has 2 heterocycles. The lowest BCUT2D eigenvalue weighted by Gasteiger charge is -2.09. The standard InChI is InChI=1S/C22H20N4O3S2/c23-11-17-16-8-4-5-9-18(16)31-21(17)25-20(28)13-30-22-24-14(10-19(27)26-22)12-29-15-6-2-1-3-7-15/h1-3,6-7,10H,4-5,8-9,12-13H2,(H,25,28)(H,24,26,27). The van der Waals surface area contributed by atoms with E-state index in [9.17, 15) is 14.9 Å². The number of ether oxygens (including phenoxy) is 1. The van der Waals surface area contributed by atoms with Crippen LogP contribution in [0.25, 0.3) is 0 Å². The highest BCUT2D eigenvalue weighted by Gasteiger charge is 2.21. The molecule has 2 N–H and O–H groups in total. The zero-order chi connectivity index (χ0) is 21.6. The van der Waals surface area contributed by atoms with Crippen molar-refractivity contribution in [3.05, 3.63) is 68.4 Å². The Morgan fingerprint density at radius 1 is 1.29 bits per heavy atom. The highest BCUT2D eigenvalue weighted by Crippen LogP contribution is 2.37. The fourth-order valence-corrected chi connectivity index (χ4v) is 5.32. The topological polar surface area (TPSA) is 108 Å². The molecule has 0 saturated heterocycles. The van der Waals surface area contributed by atoms with E-state index < -0.39 is 0 Å². The van der Waals surface area contributed by atoms with Crippen LogP contribution in [0.3, 0.4) is 0 Å². The van der Waals surface area contributed by atoms with Gasteiger partial charge in [-0.15, -0.1) is 11.3 Å². The Morgan fingerprint density at radius 3 is 2.90 bits per heavy atom. The summed E-state index contributed by atoms with van der Waals surface area (Å²) in [7, 11) is 0. The number of carbonyl (C=O) groups is 1. The molecule has 9 heteroatoms. The molecule has 158 valence electrons. The number of amides is 1. The summed E-state index contributed by atoms with van der Waals surface area (Å²) in [6.45, 7) is 0.153. The Kier molecular flexibility index (Phi) is 6.70. The van der Waals surface area contributed by atoms with Crippen LogP contribution in [0.15, 0.2) is 46.3 Å². The van der Waals surface area contributed by atoms with Gasteiger partial charge in [0.25, 0.3) is 5.56 Å². The van der Waals surface area contributed by atoms with Crippen molar-refractivity contribution >= 4 is 34.0 Å². The minimum absolute atomic E-state index is 0.0688. The maximum Gasteiger partial charge on any atom is 0.251 e. The van der Waals surface area contributed by atoms with E-state index in [0.717, 1.165) is 43.0 Å². The van der Waals surface area contributed by atoms with Gasteiger partial charge in [-0.05, 0) is 43.4 Å². The zero-order valence-electron chi connectivity index (χ0n) is 16.6. The van der Waals surface area contributed by atoms with Crippen molar-refractivity contribution in [3.63, 3.8) is 0 Å². The van der Waals surface area contributed by atoms with Gasteiger partial charge >= 0.3 is 0 Å². The number of para-hydroxylation sites is 1. The molecule has 31 heavy (non-hydrogen) atoms. The Hall–Kier alpha value is -3.09. The summed E-state index contributed by atoms with van der Waals surface area (Å²) in [5, 5.41) is 13.3. The number of aromatic amines is 1. The van der Waals surface area contributed by atoms with E-state index in [2.05, 4.69) is 21.4 Å². The molecule has 3 aromatic rings. The van der Waals surface area contributed by atoms with Gasteiger partial charge in [-0.25, -0.2) is 4.98 Å². The first kappa shape index (κ1) is 21.2. The van der Waals surface area contributed by atoms with Gasteiger partial charge < -0.3 is 15.0 Å². The molecule has 0 spiro atoms. The molecule has 4 rings (SSSR count). The Morgan fingerprint density at radius 2 is 2.10 bits per heavy atom. The van der Waals surface area contributed by atoms with Crippen LogP contribution in [-0.2, 0) is 24.2 Å². The van der Waals surface area contributed by atoms with Crippen molar-refractivity contribution in [2.24, 2.45) is 0 Å². The second kappa shape index (κ2) is 9.81. The van der Waals surface area contributed by atoms with E-state index >= 15 is 0 Å². The number of fused-ring (bicyclic) bond motifs is 1. The Bertz CT molecular complexity index is 1180. The van der Waals surface area contributed by atoms with Crippen LogP contribution in [0.1, 0.15) is 34.5 Å². The lowest BCUT2D eigenvalue weighted by molar-refractivity contribution is -0.113. The number of aromatic nitrogens is 2. The lowest BCUT2D eigenvalue weighted by Crippen LogP contribution is -2.16. The smallest absolute Gasteiger partial charge is 0.251 e. The van der Waals surface area contributed by atoms with E-state index in [1.54, 1.807) is 0 Å². The molecule has 1 amide bonds. The summed E-state index contributed by atoms with van der Waals surface area (Å²) in [6, 6.07) is 12.9. The molecule has 0 atom stereocenters. The summed E-state index contributed by atoms with van der Waals surface area (Å²) in [5.41, 5.74) is 1.85. The van der Waals surface area contributed by atoms with Crippen molar-refractivity contribution in [2.75, 3.05) is 11.1 Å². The third-order valence-electron chi connectivity index (χ3n) is 4.78. The summed E-state index contributed by atoms with van der Waals surface area (Å²) >= 11 is 2.63. The van der Waals surface area contributed by atoms with Gasteiger partial charge in [-0.3, -0.25) is 9.59 Å². The van der Waals surface area contributed by atoms with Crippen LogP contribution in [0, 0.1) is 11.3 Å². The maximum atomic E-state index is 12.5. The van der Waals surface area contributed by atoms with Crippen LogP contribution in [0.2, 0.25) is 0 Å². The van der Waals surface area contributed by atoms with E-state index in [4.69, 9.17) is 4.74 Å². The average Bonchev–Trinajstić information content (AvgIpc) is 3.13. The van der Waals surface area contributed by atoms with Gasteiger partial charge in [0, 0.05) is 10.9 Å². The van der Waals surface area contributed by atoms with E-state index in [1.165, 1.54) is 22.3 Å². The third kappa shape index (κ3) is 5.34. The molecular formula is C22H20N4O3S2. The second-order valence-electron chi connectivity index (χ2n) is 7.01. The molecule has 0 fully saturated rings. The third-order valence-corrected chi connectivity index (χ3v) is 6.86. The first-order valence-electron chi connectivity index (χ1n) is 9.88. The van der Waals surface area contributed by atoms with Gasteiger partial charge in [0.05, 0.1) is 17.0 Å². The van der Waals surface area contributed by atoms with Gasteiger partial charge in [0.2, 0.25) is 5.91 Å². The fraction of sp³-hybridized carbons (Fsp3) is 0.273. The van der Waals surface area contributed by atoms with Crippen molar-refractivity contribution < 1.29 is 9.53 Å². The number of hydrogen-bond donors (Lipinski definition) is 2. The van der Waals surface area contributed by atoms with Crippen LogP contribution < -0.4 is 15.6 Å². The Balaban J connectivity index is 1.37. The fourth-order valence-electron chi connectivity index (χ4n) is 3.37. The van der Waals surface area contributed by atoms with Crippen molar-refractivity contribution in [1.82, 2.24) is 9.97 Å². The average molecular weight is 453 g/mol. The van der Waals surface area contributed by atoms with E-state index in [0.29, 0.717) is 27.2 Å². The van der Waals surface area contributed by atoms with Gasteiger partial charge in [0.15, 0.2) is 5.16 Å². The molecule has 0 aliphatic heterocycles. The van der Waals surface area contributed by atoms with Gasteiger partial charge in [-0.1, -0.05) is 30.0 Å². The number of benzene rings is 1. The number of hydrogen-bond acceptors (Lipinski definition) is 7. The lowest BCUT2D eigenvalue weighted by atomic mass is 9.96. The zero-order valence-corrected chi connectivity index (χ0v) is 18.3. The number of aryl methyl sites for hydroxylation is 1. The number of nitrogens with one attached hydrogen (secondary N) is 2.